The summed E-state index contributed by atoms with van der Waals surface area (Å²) in [7, 11) is 1.74. The van der Waals surface area contributed by atoms with Crippen LogP contribution in [0.4, 0.5) is 4.79 Å². The number of carboxylic acids is 1. The largest absolute Gasteiger partial charge is 0.481 e. The Balaban J connectivity index is 1.95. The van der Waals surface area contributed by atoms with Crippen LogP contribution in [-0.2, 0) is 17.8 Å². The van der Waals surface area contributed by atoms with Gasteiger partial charge in [0.15, 0.2) is 0 Å². The number of urea groups is 1. The summed E-state index contributed by atoms with van der Waals surface area (Å²) in [5.74, 6) is -0.853. The van der Waals surface area contributed by atoms with E-state index in [0.29, 0.717) is 19.4 Å². The van der Waals surface area contributed by atoms with Crippen molar-refractivity contribution in [1.29, 1.82) is 0 Å². The number of nitrogens with one attached hydrogen (secondary N) is 1. The maximum absolute atomic E-state index is 12.4. The van der Waals surface area contributed by atoms with E-state index in [1.54, 1.807) is 23.3 Å². The Morgan fingerprint density at radius 2 is 1.96 bits per heavy atom. The molecule has 0 saturated heterocycles. The van der Waals surface area contributed by atoms with Crippen molar-refractivity contribution in [2.24, 2.45) is 0 Å². The van der Waals surface area contributed by atoms with Gasteiger partial charge in [0.2, 0.25) is 0 Å². The molecule has 1 aromatic carbocycles. The summed E-state index contributed by atoms with van der Waals surface area (Å²) < 4.78 is 0. The highest BCUT2D eigenvalue weighted by atomic mass is 32.1. The van der Waals surface area contributed by atoms with E-state index in [-0.39, 0.29) is 18.5 Å². The van der Waals surface area contributed by atoms with E-state index >= 15 is 0 Å². The third-order valence-electron chi connectivity index (χ3n) is 3.68. The Bertz CT molecular complexity index is 644. The molecule has 0 aliphatic rings. The van der Waals surface area contributed by atoms with Gasteiger partial charge in [-0.25, -0.2) is 4.79 Å². The average molecular weight is 346 g/mol. The third-order valence-corrected chi connectivity index (χ3v) is 4.54. The van der Waals surface area contributed by atoms with Crippen molar-refractivity contribution in [3.05, 3.63) is 58.3 Å². The summed E-state index contributed by atoms with van der Waals surface area (Å²) >= 11 is 1.60. The lowest BCUT2D eigenvalue weighted by molar-refractivity contribution is -0.137. The molecule has 0 saturated carbocycles. The summed E-state index contributed by atoms with van der Waals surface area (Å²) in [6.45, 7) is 0.542. The fraction of sp³-hybridized carbons (Fsp3) is 0.333. The van der Waals surface area contributed by atoms with Crippen molar-refractivity contribution in [2.75, 3.05) is 7.05 Å². The first-order chi connectivity index (χ1) is 11.5. The molecule has 0 aliphatic carbocycles. The molecule has 2 aromatic rings. The molecule has 6 heteroatoms. The first-order valence-electron chi connectivity index (χ1n) is 7.84. The first kappa shape index (κ1) is 18.0. The van der Waals surface area contributed by atoms with Crippen molar-refractivity contribution in [1.82, 2.24) is 10.2 Å². The Kier molecular flexibility index (Phi) is 6.81. The lowest BCUT2D eigenvalue weighted by Gasteiger charge is -2.23. The van der Waals surface area contributed by atoms with Gasteiger partial charge in [-0.15, -0.1) is 11.3 Å². The maximum atomic E-state index is 12.4. The molecule has 0 bridgehead atoms. The van der Waals surface area contributed by atoms with Crippen molar-refractivity contribution in [3.8, 4) is 0 Å². The van der Waals surface area contributed by atoms with E-state index in [1.807, 2.05) is 47.8 Å². The number of carbonyl (C=O) groups is 2. The van der Waals surface area contributed by atoms with Crippen molar-refractivity contribution in [2.45, 2.75) is 31.8 Å². The summed E-state index contributed by atoms with van der Waals surface area (Å²) in [5, 5.41) is 13.9. The van der Waals surface area contributed by atoms with E-state index in [1.165, 1.54) is 0 Å². The number of amides is 2. The maximum Gasteiger partial charge on any atom is 0.317 e. The minimum absolute atomic E-state index is 0.0341. The lowest BCUT2D eigenvalue weighted by Crippen LogP contribution is -2.43. The molecule has 0 radical (unpaired) electrons. The Morgan fingerprint density at radius 3 is 2.58 bits per heavy atom. The second kappa shape index (κ2) is 9.08. The van der Waals surface area contributed by atoms with Gasteiger partial charge in [0, 0.05) is 24.4 Å². The quantitative estimate of drug-likeness (QED) is 0.770. The summed E-state index contributed by atoms with van der Waals surface area (Å²) in [5.41, 5.74) is 1.08. The van der Waals surface area contributed by atoms with Gasteiger partial charge >= 0.3 is 12.0 Å². The molecule has 2 N–H and O–H groups in total. The fourth-order valence-electron chi connectivity index (χ4n) is 2.41. The molecule has 2 amide bonds. The number of aliphatic carboxylic acids is 1. The highest BCUT2D eigenvalue weighted by Crippen LogP contribution is 2.12. The van der Waals surface area contributed by atoms with Crippen LogP contribution in [0.1, 0.15) is 23.3 Å². The van der Waals surface area contributed by atoms with Gasteiger partial charge in [-0.2, -0.15) is 0 Å². The molecule has 24 heavy (non-hydrogen) atoms. The number of carboxylic acid groups (broad SMARTS) is 1. The molecule has 0 fully saturated rings. The van der Waals surface area contributed by atoms with Gasteiger partial charge in [-0.3, -0.25) is 4.79 Å². The number of nitrogens with zero attached hydrogens (tertiary/aromatic N) is 1. The van der Waals surface area contributed by atoms with Crippen LogP contribution >= 0.6 is 11.3 Å². The van der Waals surface area contributed by atoms with Crippen molar-refractivity contribution in [3.63, 3.8) is 0 Å². The van der Waals surface area contributed by atoms with E-state index in [2.05, 4.69) is 5.32 Å². The monoisotopic (exact) mass is 346 g/mol. The predicted molar refractivity (Wildman–Crippen MR) is 95.1 cm³/mol. The van der Waals surface area contributed by atoms with Gasteiger partial charge in [-0.1, -0.05) is 36.4 Å². The minimum atomic E-state index is -0.853. The topological polar surface area (TPSA) is 69.6 Å². The highest BCUT2D eigenvalue weighted by Gasteiger charge is 2.17. The van der Waals surface area contributed by atoms with Crippen LogP contribution in [0.15, 0.2) is 47.8 Å². The second-order valence-electron chi connectivity index (χ2n) is 5.70. The van der Waals surface area contributed by atoms with Gasteiger partial charge < -0.3 is 15.3 Å². The molecule has 2 rings (SSSR count). The SMILES string of the molecule is CN(Cc1cccs1)C(=O)NC(CCC(=O)O)Cc1ccccc1. The Labute approximate surface area is 145 Å². The molecule has 1 atom stereocenters. The van der Waals surface area contributed by atoms with E-state index in [0.717, 1.165) is 10.4 Å². The number of thiophene rings is 1. The zero-order valence-electron chi connectivity index (χ0n) is 13.6. The summed E-state index contributed by atoms with van der Waals surface area (Å²) in [4.78, 5) is 26.0. The van der Waals surface area contributed by atoms with Crippen LogP contribution < -0.4 is 5.32 Å². The highest BCUT2D eigenvalue weighted by molar-refractivity contribution is 7.09. The predicted octanol–water partition coefficient (Wildman–Crippen LogP) is 3.37. The smallest absolute Gasteiger partial charge is 0.317 e. The summed E-state index contributed by atoms with van der Waals surface area (Å²) in [6.07, 6.45) is 1.06. The van der Waals surface area contributed by atoms with Crippen LogP contribution in [0.3, 0.4) is 0 Å². The molecule has 1 aromatic heterocycles. The summed E-state index contributed by atoms with van der Waals surface area (Å²) in [6, 6.07) is 13.3. The van der Waals surface area contributed by atoms with Crippen LogP contribution in [0.25, 0.3) is 0 Å². The molecule has 1 heterocycles. The van der Waals surface area contributed by atoms with Gasteiger partial charge in [0.05, 0.1) is 6.54 Å². The zero-order chi connectivity index (χ0) is 17.4. The third kappa shape index (κ3) is 6.04. The number of hydrogen-bond donors (Lipinski definition) is 2. The molecule has 0 aliphatic heterocycles. The lowest BCUT2D eigenvalue weighted by atomic mass is 10.0. The number of rotatable bonds is 8. The van der Waals surface area contributed by atoms with E-state index in [4.69, 9.17) is 5.11 Å². The van der Waals surface area contributed by atoms with Crippen LogP contribution in [0, 0.1) is 0 Å². The van der Waals surface area contributed by atoms with Crippen LogP contribution in [0.2, 0.25) is 0 Å². The average Bonchev–Trinajstić information content (AvgIpc) is 3.06. The minimum Gasteiger partial charge on any atom is -0.481 e. The second-order valence-corrected chi connectivity index (χ2v) is 6.74. The molecular formula is C18H22N2O3S. The number of carbonyl (C=O) groups excluding carboxylic acids is 1. The normalized spacial score (nSPS) is 11.7. The first-order valence-corrected chi connectivity index (χ1v) is 8.72. The zero-order valence-corrected chi connectivity index (χ0v) is 14.5. The Morgan fingerprint density at radius 1 is 1.21 bits per heavy atom. The number of hydrogen-bond acceptors (Lipinski definition) is 3. The van der Waals surface area contributed by atoms with E-state index < -0.39 is 5.97 Å². The van der Waals surface area contributed by atoms with Gasteiger partial charge in [0.1, 0.15) is 0 Å². The standard InChI is InChI=1S/C18H22N2O3S/c1-20(13-16-8-5-11-24-16)18(23)19-15(9-10-17(21)22)12-14-6-3-2-4-7-14/h2-8,11,15H,9-10,12-13H2,1H3,(H,19,23)(H,21,22). The molecule has 128 valence electrons. The Hall–Kier alpha value is -2.34. The van der Waals surface area contributed by atoms with Gasteiger partial charge in [-0.05, 0) is 29.9 Å². The van der Waals surface area contributed by atoms with Crippen molar-refractivity contribution < 1.29 is 14.7 Å². The van der Waals surface area contributed by atoms with Crippen LogP contribution in [0.5, 0.6) is 0 Å². The molecule has 1 unspecified atom stereocenters. The van der Waals surface area contributed by atoms with E-state index in [9.17, 15) is 9.59 Å². The van der Waals surface area contributed by atoms with Crippen LogP contribution in [-0.4, -0.2) is 35.1 Å². The van der Waals surface area contributed by atoms with Gasteiger partial charge in [0.25, 0.3) is 0 Å². The fourth-order valence-corrected chi connectivity index (χ4v) is 3.17. The molecular weight excluding hydrogens is 324 g/mol. The van der Waals surface area contributed by atoms with Crippen molar-refractivity contribution >= 4 is 23.3 Å². The molecule has 0 spiro atoms. The number of benzene rings is 1. The molecule has 5 nitrogen and oxygen atoms in total.